The number of carbonyl (C=O) groups is 5. The van der Waals surface area contributed by atoms with Gasteiger partial charge in [0.15, 0.2) is 69.4 Å². The second kappa shape index (κ2) is 47.5. The van der Waals surface area contributed by atoms with Crippen LogP contribution in [0, 0.1) is 11.8 Å². The summed E-state index contributed by atoms with van der Waals surface area (Å²) in [5, 5.41) is 26.6. The van der Waals surface area contributed by atoms with Gasteiger partial charge in [-0.1, -0.05) is 74.1 Å². The Kier molecular flexibility index (Phi) is 35.0. The Morgan fingerprint density at radius 3 is 1.00 bits per heavy atom. The van der Waals surface area contributed by atoms with E-state index in [1.54, 1.807) is 123 Å². The average Bonchev–Trinajstić information content (AvgIpc) is 0.794. The number of carbonyl (C=O) groups excluding carboxylic acids is 4. The zero-order valence-electron chi connectivity index (χ0n) is 79.2. The lowest BCUT2D eigenvalue weighted by molar-refractivity contribution is -0.142. The van der Waals surface area contributed by atoms with Crippen LogP contribution in [0.15, 0.2) is 141 Å². The molecule has 5 N–H and O–H groups in total. The number of aromatic nitrogens is 12. The van der Waals surface area contributed by atoms with Gasteiger partial charge in [-0.05, 0) is 148 Å². The Morgan fingerprint density at radius 2 is 0.709 bits per heavy atom. The summed E-state index contributed by atoms with van der Waals surface area (Å²) in [5.74, 6) is 0.463. The molecular weight excluding hydrogens is 1930 g/mol. The number of nitrogens with zero attached hydrogens (tertiary/aromatic N) is 17. The van der Waals surface area contributed by atoms with Crippen molar-refractivity contribution in [1.29, 1.82) is 0 Å². The summed E-state index contributed by atoms with van der Waals surface area (Å²) in [5.41, 5.74) is 4.37. The predicted molar refractivity (Wildman–Crippen MR) is 543 cm³/mol. The summed E-state index contributed by atoms with van der Waals surface area (Å²) in [6.07, 6.45) is 12.7. The van der Waals surface area contributed by atoms with Gasteiger partial charge in [0.2, 0.25) is 23.8 Å². The van der Waals surface area contributed by atoms with Crippen LogP contribution < -0.4 is 82.1 Å². The minimum absolute atomic E-state index is 0.0666. The van der Waals surface area contributed by atoms with E-state index in [1.165, 1.54) is 35.6 Å². The van der Waals surface area contributed by atoms with Crippen LogP contribution in [0.5, 0.6) is 23.0 Å². The maximum atomic E-state index is 13.8. The third-order valence-corrected chi connectivity index (χ3v) is 26.4. The largest absolute Gasteiger partial charge is 0.481 e. The number of aryl methyl sites for hydroxylation is 4. The van der Waals surface area contributed by atoms with Crippen LogP contribution >= 0.6 is 58.0 Å². The van der Waals surface area contributed by atoms with Gasteiger partial charge in [0.25, 0.3) is 28.2 Å². The van der Waals surface area contributed by atoms with Crippen LogP contribution in [-0.2, 0) is 56.9 Å². The predicted octanol–water partition coefficient (Wildman–Crippen LogP) is 15.6. The zero-order chi connectivity index (χ0) is 100. The van der Waals surface area contributed by atoms with Crippen molar-refractivity contribution in [2.24, 2.45) is 40.0 Å². The molecule has 0 saturated carbocycles. The van der Waals surface area contributed by atoms with Gasteiger partial charge in [0.05, 0.1) is 72.5 Å². The normalized spacial score (nSPS) is 15.3. The van der Waals surface area contributed by atoms with Gasteiger partial charge in [-0.2, -0.15) is 19.9 Å². The van der Waals surface area contributed by atoms with Crippen LogP contribution in [-0.4, -0.2) is 220 Å². The van der Waals surface area contributed by atoms with E-state index in [1.807, 2.05) is 47.4 Å². The minimum atomic E-state index is -2.79. The number of ether oxygens (including phenoxy) is 5. The van der Waals surface area contributed by atoms with E-state index >= 15 is 0 Å². The van der Waals surface area contributed by atoms with Crippen LogP contribution in [0.1, 0.15) is 105 Å². The number of aliphatic carboxylic acids is 1. The fourth-order valence-electron chi connectivity index (χ4n) is 16.5. The monoisotopic (exact) mass is 2030 g/mol. The van der Waals surface area contributed by atoms with Gasteiger partial charge in [-0.3, -0.25) is 48.1 Å². The first kappa shape index (κ1) is 104. The van der Waals surface area contributed by atoms with Crippen molar-refractivity contribution >= 4 is 201 Å². The van der Waals surface area contributed by atoms with Crippen molar-refractivity contribution in [3.8, 4) is 23.0 Å². The van der Waals surface area contributed by atoms with Crippen LogP contribution in [0.25, 0.3) is 43.6 Å². The van der Waals surface area contributed by atoms with E-state index in [4.69, 9.17) is 86.7 Å². The first-order chi connectivity index (χ1) is 67.7. The molecule has 13 heterocycles. The van der Waals surface area contributed by atoms with Crippen LogP contribution in [0.2, 0.25) is 20.1 Å². The lowest BCUT2D eigenvalue weighted by atomic mass is 9.96. The molecule has 36 nitrogen and oxygen atoms in total. The molecule has 0 aliphatic carbocycles. The number of fused-ring (bicyclic) bond motifs is 4. The van der Waals surface area contributed by atoms with Crippen molar-refractivity contribution in [1.82, 2.24) is 63.0 Å². The molecule has 43 heteroatoms. The molecule has 5 aliphatic heterocycles. The SMILES string of the molecule is CCC(=O)COc1cc2cc(Nc3nc(N4CCC(C(=O)O)CC4)ncc3Cl)ccc2n(C)c1=O.CCC(=O)COc1cc2cc(Nc3nc(N4CCC(CN5CCOCC5)CC4)ncc3Cl)ccc2n(C)c1=O.CCC(=O)COc1cc2cc(Nc3nc(N4CCC(Cl)CC4)ncc3Cl)ccc2n(C)c1=O.CCC(=O)COc1cc2cc(Nc3nc(N4CCCC(F)(F)C4)ncc3Cl)ccc2n(C)c1=O. The molecule has 5 aliphatic rings. The third kappa shape index (κ3) is 26.6. The number of alkyl halides is 3. The van der Waals surface area contributed by atoms with Gasteiger partial charge < -0.3 is 87.9 Å². The highest BCUT2D eigenvalue weighted by atomic mass is 35.5. The Bertz CT molecular complexity index is 6870. The molecule has 746 valence electrons. The number of morpholine rings is 1. The number of benzene rings is 4. The van der Waals surface area contributed by atoms with E-state index in [-0.39, 0.29) is 129 Å². The summed E-state index contributed by atoms with van der Waals surface area (Å²) in [7, 11) is 6.62. The quantitative estimate of drug-likeness (QED) is 0.0252. The lowest BCUT2D eigenvalue weighted by Gasteiger charge is -2.36. The number of Topliss-reactive ketones (excluding diaryl/α,β-unsaturated/α-hetero) is 4. The average molecular weight is 2040 g/mol. The molecule has 0 atom stereocenters. The summed E-state index contributed by atoms with van der Waals surface area (Å²) in [6, 6.07) is 28.4. The first-order valence-electron chi connectivity index (χ1n) is 46.6. The number of halogens is 7. The Hall–Kier alpha value is -13.0. The Labute approximate surface area is 834 Å². The van der Waals surface area contributed by atoms with Crippen molar-refractivity contribution in [3.63, 3.8) is 0 Å². The van der Waals surface area contributed by atoms with Gasteiger partial charge >= 0.3 is 5.97 Å². The van der Waals surface area contributed by atoms with Crippen molar-refractivity contribution in [2.75, 3.05) is 153 Å². The summed E-state index contributed by atoms with van der Waals surface area (Å²) in [4.78, 5) is 154. The number of ketones is 4. The molecule has 17 rings (SSSR count). The lowest BCUT2D eigenvalue weighted by Crippen LogP contribution is -2.43. The van der Waals surface area contributed by atoms with E-state index in [0.717, 1.165) is 123 Å². The number of hydrogen-bond donors (Lipinski definition) is 5. The van der Waals surface area contributed by atoms with E-state index in [2.05, 4.69) is 70.9 Å². The first-order valence-corrected chi connectivity index (χ1v) is 48.5. The number of hydrogen-bond acceptors (Lipinski definition) is 31. The van der Waals surface area contributed by atoms with Gasteiger partial charge in [0.1, 0.15) is 46.5 Å². The van der Waals surface area contributed by atoms with E-state index in [9.17, 15) is 57.0 Å². The van der Waals surface area contributed by atoms with Gasteiger partial charge in [0, 0.05) is 175 Å². The zero-order valence-corrected chi connectivity index (χ0v) is 83.0. The maximum Gasteiger partial charge on any atom is 0.306 e. The summed E-state index contributed by atoms with van der Waals surface area (Å²) >= 11 is 31.6. The molecule has 5 fully saturated rings. The standard InChI is InChI=1S/C28H35ClN6O4.C24H26ClN5O5.C23H25Cl2N5O3.C23H24ClF2N5O3/c1-3-22(36)18-39-25-15-20-14-21(4-5-24(20)33(2)27(25)37)31-26-23(29)16-30-28(32-26)35-8-6-19(7-9-35)17-34-10-12-38-13-11-34;1-3-17(31)13-35-20-11-15-10-16(4-5-19(15)29(2)22(20)32)27-21-18(25)12-26-24(28-21)30-8-6-14(7-9-30)23(33)34;1-3-17(31)13-33-20-11-14-10-16(4-5-19(14)29(2)22(20)32)27-21-18(25)12-26-23(28-21)30-8-6-15(24)7-9-30;1-3-16(32)12-34-19-10-14-9-15(5-6-18(14)30(2)21(19)33)28-20-17(24)11-27-22(29-20)31-8-4-7-23(25,26)13-31/h4-5,14-16,19H,3,6-13,17-18H2,1-2H3,(H,30,31,32);4-5,10-12,14H,3,6-9,13H2,1-2H3,(H,33,34)(H,26,27,28);4-5,10-12,15H,3,6-9,13H2,1-2H3,(H,26,27,28);5-6,9-11H,3-4,7-8,12-13H2,1-2H3,(H,27,28,29). The highest BCUT2D eigenvalue weighted by Gasteiger charge is 2.37. The molecule has 12 aromatic rings. The highest BCUT2D eigenvalue weighted by molar-refractivity contribution is 6.34. The number of carboxylic acids is 1. The highest BCUT2D eigenvalue weighted by Crippen LogP contribution is 2.37. The Morgan fingerprint density at radius 1 is 0.418 bits per heavy atom. The second-order valence-corrected chi connectivity index (χ2v) is 37.0. The number of anilines is 12. The third-order valence-electron chi connectivity index (χ3n) is 24.9. The maximum absolute atomic E-state index is 13.8. The fourth-order valence-corrected chi connectivity index (χ4v) is 17.2. The smallest absolute Gasteiger partial charge is 0.306 e. The number of piperidine rings is 4. The van der Waals surface area contributed by atoms with Crippen molar-refractivity contribution in [2.45, 2.75) is 116 Å². The van der Waals surface area contributed by atoms with Crippen molar-refractivity contribution in [3.05, 3.63) is 183 Å². The molecule has 5 saturated heterocycles. The van der Waals surface area contributed by atoms with E-state index < -0.39 is 18.4 Å². The number of carboxylic acid groups (broad SMARTS) is 1. The molecule has 0 radical (unpaired) electrons. The fraction of sp³-hybridized carbons (Fsp3) is 0.418. The van der Waals surface area contributed by atoms with Crippen LogP contribution in [0.3, 0.4) is 0 Å². The number of nitrogens with one attached hydrogen (secondary N) is 4. The molecule has 141 heavy (non-hydrogen) atoms. The topological polar surface area (TPSA) is 407 Å². The molecule has 0 unspecified atom stereocenters. The second-order valence-electron chi connectivity index (χ2n) is 34.8. The number of rotatable bonds is 31. The molecule has 0 spiro atoms. The number of pyridine rings is 4. The van der Waals surface area contributed by atoms with Crippen LogP contribution in [0.4, 0.5) is 78.6 Å². The molecular formula is C98H110Cl5F2N21O15. The van der Waals surface area contributed by atoms with Gasteiger partial charge in [-0.25, -0.2) is 28.7 Å². The van der Waals surface area contributed by atoms with E-state index in [0.29, 0.717) is 149 Å². The minimum Gasteiger partial charge on any atom is -0.481 e. The molecule has 0 bridgehead atoms. The molecule has 0 amide bonds. The van der Waals surface area contributed by atoms with Crippen molar-refractivity contribution < 1.29 is 61.5 Å². The molecule has 8 aromatic heterocycles. The molecule has 4 aromatic carbocycles. The Balaban J connectivity index is 0.000000150. The summed E-state index contributed by atoms with van der Waals surface area (Å²) in [6.45, 7) is 15.7. The van der Waals surface area contributed by atoms with Gasteiger partial charge in [-0.15, -0.1) is 11.6 Å². The summed E-state index contributed by atoms with van der Waals surface area (Å²) < 4.78 is 61.0.